The van der Waals surface area contributed by atoms with Gasteiger partial charge in [-0.05, 0) is 149 Å². The first-order valence-corrected chi connectivity index (χ1v) is 36.3. The van der Waals surface area contributed by atoms with Gasteiger partial charge in [-0.25, -0.2) is 9.59 Å². The maximum atomic E-state index is 14.3. The molecule has 3 amide bonds. The normalized spacial score (nSPS) is 16.8. The zero-order chi connectivity index (χ0) is 70.7. The number of rotatable bonds is 38. The smallest absolute Gasteiger partial charge is 0.326 e. The Morgan fingerprint density at radius 1 is 0.649 bits per heavy atom. The summed E-state index contributed by atoms with van der Waals surface area (Å²) in [6, 6.07) is 29.1. The summed E-state index contributed by atoms with van der Waals surface area (Å²) >= 11 is 0. The molecule has 0 radical (unpaired) electrons. The first kappa shape index (κ1) is 75.8. The number of urea groups is 1. The average molecular weight is 1380 g/mol. The van der Waals surface area contributed by atoms with Crippen molar-refractivity contribution in [2.75, 3.05) is 43.1 Å². The molecule has 3 aliphatic rings. The number of carboxylic acids is 3. The van der Waals surface area contributed by atoms with Crippen LogP contribution in [0, 0.1) is 5.92 Å². The lowest BCUT2D eigenvalue weighted by atomic mass is 9.81. The fraction of sp³-hybridized carbons (Fsp3) is 0.452. The van der Waals surface area contributed by atoms with E-state index in [1.54, 1.807) is 54.6 Å². The van der Waals surface area contributed by atoms with E-state index in [4.69, 9.17) is 9.84 Å². The highest BCUT2D eigenvalue weighted by atomic mass is 32.2. The van der Waals surface area contributed by atoms with Crippen molar-refractivity contribution in [2.45, 2.75) is 166 Å². The van der Waals surface area contributed by atoms with Crippen LogP contribution in [-0.4, -0.2) is 148 Å². The van der Waals surface area contributed by atoms with Crippen molar-refractivity contribution in [3.63, 3.8) is 0 Å². The van der Waals surface area contributed by atoms with Gasteiger partial charge in [-0.1, -0.05) is 98.8 Å². The monoisotopic (exact) mass is 1370 g/mol. The minimum Gasteiger partial charge on any atom is -0.481 e. The van der Waals surface area contributed by atoms with Crippen molar-refractivity contribution in [1.29, 1.82) is 0 Å². The van der Waals surface area contributed by atoms with E-state index in [2.05, 4.69) is 84.2 Å². The van der Waals surface area contributed by atoms with Gasteiger partial charge < -0.3 is 40.5 Å². The zero-order valence-electron chi connectivity index (χ0n) is 55.9. The molecule has 97 heavy (non-hydrogen) atoms. The molecular weight excluding hydrogens is 1280 g/mol. The number of anilines is 1. The van der Waals surface area contributed by atoms with Gasteiger partial charge in [0.25, 0.3) is 20.2 Å². The summed E-state index contributed by atoms with van der Waals surface area (Å²) in [5.41, 5.74) is 8.42. The summed E-state index contributed by atoms with van der Waals surface area (Å²) in [6.07, 6.45) is 11.8. The number of benzene rings is 4. The number of para-hydroxylation sites is 2. The molecule has 7 rings (SSSR count). The topological polar surface area (TPSA) is 332 Å². The van der Waals surface area contributed by atoms with Gasteiger partial charge in [-0.15, -0.1) is 0 Å². The summed E-state index contributed by atoms with van der Waals surface area (Å²) in [5, 5.41) is 34.4. The lowest BCUT2D eigenvalue weighted by Gasteiger charge is -2.27. The Morgan fingerprint density at radius 3 is 1.96 bits per heavy atom. The number of allylic oxidation sites excluding steroid dienone is 7. The number of amides is 3. The number of unbranched alkanes of at least 4 members (excludes halogenated alkanes) is 3. The van der Waals surface area contributed by atoms with Crippen molar-refractivity contribution < 1.29 is 84.1 Å². The van der Waals surface area contributed by atoms with Crippen molar-refractivity contribution in [3.8, 4) is 5.75 Å². The third-order valence-electron chi connectivity index (χ3n) is 18.1. The van der Waals surface area contributed by atoms with E-state index in [1.165, 1.54) is 11.9 Å². The van der Waals surface area contributed by atoms with Crippen LogP contribution in [0.15, 0.2) is 150 Å². The number of ether oxygens (including phenoxy) is 1. The molecule has 1 aliphatic carbocycles. The van der Waals surface area contributed by atoms with Gasteiger partial charge in [0.2, 0.25) is 11.6 Å². The Labute approximate surface area is 568 Å². The molecule has 0 unspecified atom stereocenters. The van der Waals surface area contributed by atoms with Crippen LogP contribution in [0.4, 0.5) is 16.2 Å². The molecule has 0 saturated heterocycles. The van der Waals surface area contributed by atoms with Crippen molar-refractivity contribution in [1.82, 2.24) is 15.5 Å². The van der Waals surface area contributed by atoms with Crippen LogP contribution in [0.5, 0.6) is 5.75 Å². The minimum atomic E-state index is -4.14. The first-order valence-electron chi connectivity index (χ1n) is 33.1. The number of aliphatic carboxylic acids is 3. The molecule has 4 aromatic rings. The van der Waals surface area contributed by atoms with E-state index in [1.807, 2.05) is 36.4 Å². The molecular formula is C73H92N5O17S2+. The molecule has 0 spiro atoms. The number of carbonyl (C=O) groups is 7. The van der Waals surface area contributed by atoms with Crippen LogP contribution in [-0.2, 0) is 72.7 Å². The third-order valence-corrected chi connectivity index (χ3v) is 19.7. The molecule has 4 aromatic carbocycles. The zero-order valence-corrected chi connectivity index (χ0v) is 57.5. The molecule has 0 fully saturated rings. The Morgan fingerprint density at radius 2 is 1.29 bits per heavy atom. The van der Waals surface area contributed by atoms with Gasteiger partial charge in [0.1, 0.15) is 29.9 Å². The number of Topliss-reactive ketones (excluding diaryl/α,β-unsaturated/α-hetero) is 2. The molecule has 22 nitrogen and oxygen atoms in total. The van der Waals surface area contributed by atoms with E-state index in [0.717, 1.165) is 57.0 Å². The highest BCUT2D eigenvalue weighted by Crippen LogP contribution is 2.48. The molecule has 7 N–H and O–H groups in total. The van der Waals surface area contributed by atoms with Crippen molar-refractivity contribution >= 4 is 78.7 Å². The van der Waals surface area contributed by atoms with Gasteiger partial charge in [-0.3, -0.25) is 33.1 Å². The van der Waals surface area contributed by atoms with Crippen LogP contribution in [0.25, 0.3) is 0 Å². The fourth-order valence-corrected chi connectivity index (χ4v) is 13.9. The van der Waals surface area contributed by atoms with Crippen LogP contribution in [0.3, 0.4) is 0 Å². The minimum absolute atomic E-state index is 0.0274. The van der Waals surface area contributed by atoms with Gasteiger partial charge in [-0.2, -0.15) is 21.4 Å². The van der Waals surface area contributed by atoms with E-state index in [-0.39, 0.29) is 101 Å². The lowest BCUT2D eigenvalue weighted by Crippen LogP contribution is -2.47. The molecule has 0 bridgehead atoms. The number of fused-ring (bicyclic) bond motifs is 2. The number of hydrogen-bond donors (Lipinski definition) is 7. The largest absolute Gasteiger partial charge is 0.481 e. The van der Waals surface area contributed by atoms with Gasteiger partial charge in [0, 0.05) is 93.2 Å². The number of hydrogen-bond acceptors (Lipinski definition) is 13. The molecule has 24 heteroatoms. The molecule has 0 aromatic heterocycles. The number of carbonyl (C=O) groups excluding carboxylic acids is 4. The van der Waals surface area contributed by atoms with Crippen LogP contribution in [0.1, 0.15) is 153 Å². The lowest BCUT2D eigenvalue weighted by molar-refractivity contribution is -0.438. The summed E-state index contributed by atoms with van der Waals surface area (Å²) in [5.74, 6) is -5.62. The second kappa shape index (κ2) is 34.6. The average Bonchev–Trinajstić information content (AvgIpc) is 1.60. The van der Waals surface area contributed by atoms with Crippen LogP contribution in [0.2, 0.25) is 0 Å². The Kier molecular flexibility index (Phi) is 27.0. The highest BCUT2D eigenvalue weighted by molar-refractivity contribution is 7.86. The van der Waals surface area contributed by atoms with E-state index in [9.17, 15) is 69.7 Å². The third kappa shape index (κ3) is 22.2. The number of ketones is 2. The molecule has 0 saturated carbocycles. The van der Waals surface area contributed by atoms with Gasteiger partial charge in [0.15, 0.2) is 11.5 Å². The highest BCUT2D eigenvalue weighted by Gasteiger charge is 2.44. The first-order chi connectivity index (χ1) is 45.9. The van der Waals surface area contributed by atoms with Crippen molar-refractivity contribution in [2.24, 2.45) is 5.92 Å². The summed E-state index contributed by atoms with van der Waals surface area (Å²) < 4.78 is 75.0. The number of nitrogens with zero attached hydrogens (tertiary/aromatic N) is 3. The van der Waals surface area contributed by atoms with Gasteiger partial charge in [0.05, 0.1) is 28.9 Å². The maximum absolute atomic E-state index is 14.3. The molecule has 3 atom stereocenters. The Balaban J connectivity index is 1.09. The Bertz CT molecular complexity index is 3910. The quantitative estimate of drug-likeness (QED) is 0.0125. The van der Waals surface area contributed by atoms with E-state index >= 15 is 0 Å². The SMILES string of the molecule is CN(CCCC(=O)O)C(=O)N[C@@H](CCC(=O)CCCCC(=O)N[C@@H](Cc1ccccc1)C(=O)C[C@@H](Cc1ccc(OC2=C(C=CC3=[N+](CCCCS(=O)(=O)O)c4ccccc4C3(C)C)CCCC2=CC=C2N(CCCCS(=O)(=O)O)c3ccccc3C2(C)C)cc1)C(=O)O)C(=O)O. The molecule has 2 heterocycles. The van der Waals surface area contributed by atoms with Crippen LogP contribution < -0.4 is 20.3 Å². The standard InChI is InChI=1S/C73H91N5O17S2/c1-72(2)57-26-10-12-28-61(57)77(43-15-17-45-96(89,90)91)64(72)40-34-52-23-19-24-53(35-41-65-73(3,4)58-27-11-13-29-62(58)78(65)44-16-18-46-97(92,93)94)68(52)95-56-37-32-51(33-38-56)47-54(69(84)85)49-63(80)60(48-50-21-7-6-8-22-50)74-66(81)30-14-9-25-55(79)36-39-59(70(86)87)75-71(88)76(5)42-20-31-67(82)83/h6-8,10-13,21-22,26-29,32-35,37-38,40-41,54,59-60H,9,14-20,23-25,30-31,36,39,42-49H2,1-5H3,(H6-,74,75,81,82,83,84,85,86,87,88,89,90,91,92,93,94)/p+1/t54-,59+,60+/m1/s1. The number of nitrogens with one attached hydrogen (secondary N) is 2. The molecule has 522 valence electrons. The summed E-state index contributed by atoms with van der Waals surface area (Å²) in [4.78, 5) is 92.2. The van der Waals surface area contributed by atoms with Crippen molar-refractivity contribution in [3.05, 3.63) is 172 Å². The Hall–Kier alpha value is -8.58. The molecule has 2 aliphatic heterocycles. The van der Waals surface area contributed by atoms with E-state index < -0.39 is 91.1 Å². The fourth-order valence-electron chi connectivity index (χ4n) is 12.8. The van der Waals surface area contributed by atoms with E-state index in [0.29, 0.717) is 55.8 Å². The predicted octanol–water partition coefficient (Wildman–Crippen LogP) is 10.9. The van der Waals surface area contributed by atoms with Crippen LogP contribution >= 0.6 is 0 Å². The summed E-state index contributed by atoms with van der Waals surface area (Å²) in [6.45, 7) is 9.67. The number of carboxylic acid groups (broad SMARTS) is 3. The van der Waals surface area contributed by atoms with Gasteiger partial charge >= 0.3 is 23.9 Å². The summed E-state index contributed by atoms with van der Waals surface area (Å²) in [7, 11) is -6.88. The second-order valence-corrected chi connectivity index (χ2v) is 29.4. The predicted molar refractivity (Wildman–Crippen MR) is 369 cm³/mol. The second-order valence-electron chi connectivity index (χ2n) is 26.3. The maximum Gasteiger partial charge on any atom is 0.326 e.